The summed E-state index contributed by atoms with van der Waals surface area (Å²) in [6, 6.07) is 19.6. The van der Waals surface area contributed by atoms with E-state index in [0.717, 1.165) is 34.9 Å². The van der Waals surface area contributed by atoms with Crippen LogP contribution in [-0.2, 0) is 6.54 Å². The first-order valence-electron chi connectivity index (χ1n) is 9.02. The number of aliphatic imine (C=N–C) groups is 1. The van der Waals surface area contributed by atoms with Crippen LogP contribution in [0.2, 0.25) is 0 Å². The fraction of sp³-hybridized carbons (Fsp3) is 0.0870. The molecule has 2 heterocycles. The molecule has 0 bridgehead atoms. The van der Waals surface area contributed by atoms with E-state index in [1.807, 2.05) is 73.1 Å². The molecule has 150 valence electrons. The topological polar surface area (TPSA) is 51.5 Å². The van der Waals surface area contributed by atoms with Crippen LogP contribution < -0.4 is 9.30 Å². The highest BCUT2D eigenvalue weighted by molar-refractivity contribution is 8.93. The number of thiocarbonyl (C=S) groups is 1. The summed E-state index contributed by atoms with van der Waals surface area (Å²) < 4.78 is 13.2. The molecule has 2 aromatic carbocycles. The van der Waals surface area contributed by atoms with Gasteiger partial charge in [0, 0.05) is 28.8 Å². The maximum atomic E-state index is 5.94. The minimum Gasteiger partial charge on any atom is -0.497 e. The van der Waals surface area contributed by atoms with Gasteiger partial charge in [0.1, 0.15) is 5.75 Å². The smallest absolute Gasteiger partial charge is 0.227 e. The molecule has 0 aliphatic heterocycles. The fourth-order valence-electron chi connectivity index (χ4n) is 2.94. The van der Waals surface area contributed by atoms with Gasteiger partial charge in [-0.15, -0.1) is 17.0 Å². The number of hydrogen-bond donors (Lipinski definition) is 0. The molecular formula is C23H19BrN3O2S+. The quantitative estimate of drug-likeness (QED) is 0.203. The first-order chi connectivity index (χ1) is 14.2. The van der Waals surface area contributed by atoms with Crippen LogP contribution in [0.25, 0.3) is 22.8 Å². The van der Waals surface area contributed by atoms with Crippen LogP contribution in [-0.4, -0.2) is 17.3 Å². The van der Waals surface area contributed by atoms with Crippen molar-refractivity contribution < 1.29 is 13.7 Å². The minimum atomic E-state index is 0. The van der Waals surface area contributed by atoms with Gasteiger partial charge in [0.2, 0.25) is 5.89 Å². The second kappa shape index (κ2) is 10.1. The lowest BCUT2D eigenvalue weighted by Crippen LogP contribution is -2.32. The van der Waals surface area contributed by atoms with E-state index in [1.165, 1.54) is 5.56 Å². The van der Waals surface area contributed by atoms with Crippen LogP contribution in [0.3, 0.4) is 0 Å². The highest BCUT2D eigenvalue weighted by Crippen LogP contribution is 2.26. The van der Waals surface area contributed by atoms with E-state index >= 15 is 0 Å². The number of ether oxygens (including phenoxy) is 1. The molecule has 0 aliphatic carbocycles. The Labute approximate surface area is 190 Å². The summed E-state index contributed by atoms with van der Waals surface area (Å²) in [5, 5.41) is 2.37. The van der Waals surface area contributed by atoms with Crippen molar-refractivity contribution >= 4 is 40.0 Å². The molecular weight excluding hydrogens is 462 g/mol. The van der Waals surface area contributed by atoms with Gasteiger partial charge in [0.05, 0.1) is 24.2 Å². The zero-order valence-corrected chi connectivity index (χ0v) is 18.7. The maximum Gasteiger partial charge on any atom is 0.227 e. The molecule has 0 saturated heterocycles. The number of hydrogen-bond acceptors (Lipinski definition) is 5. The number of benzene rings is 2. The Hall–Kier alpha value is -3.12. The molecule has 0 unspecified atom stereocenters. The molecule has 0 aliphatic rings. The van der Waals surface area contributed by atoms with E-state index in [2.05, 4.69) is 31.9 Å². The van der Waals surface area contributed by atoms with Crippen molar-refractivity contribution in [3.05, 3.63) is 84.8 Å². The standard InChI is InChI=1S/C23H18N3O2S.BrH/c1-27-21-8-4-18(5-9-21)22-14-24-23(28-22)19-10-12-26(13-11-19)15-17-2-6-20(7-3-17)25-16-29;/h2-14H,15H2,1H3;1H/q+1;. The SMILES string of the molecule is Br.COc1ccc(-c2cnc(-c3cc[n+](Cc4ccc(N=C=S)cc4)cc3)o2)cc1. The van der Waals surface area contributed by atoms with Crippen molar-refractivity contribution in [2.45, 2.75) is 6.54 Å². The predicted molar refractivity (Wildman–Crippen MR) is 125 cm³/mol. The second-order valence-electron chi connectivity index (χ2n) is 6.39. The summed E-state index contributed by atoms with van der Waals surface area (Å²) in [6.45, 7) is 0.755. The van der Waals surface area contributed by atoms with E-state index in [4.69, 9.17) is 9.15 Å². The molecule has 30 heavy (non-hydrogen) atoms. The molecule has 4 aromatic rings. The monoisotopic (exact) mass is 480 g/mol. The Morgan fingerprint density at radius 1 is 1.00 bits per heavy atom. The Morgan fingerprint density at radius 2 is 1.70 bits per heavy atom. The van der Waals surface area contributed by atoms with Crippen molar-refractivity contribution in [2.75, 3.05) is 7.11 Å². The molecule has 5 nitrogen and oxygen atoms in total. The summed E-state index contributed by atoms with van der Waals surface area (Å²) in [5.74, 6) is 2.12. The maximum absolute atomic E-state index is 5.94. The lowest BCUT2D eigenvalue weighted by Gasteiger charge is -2.01. The molecule has 0 atom stereocenters. The molecule has 0 spiro atoms. The van der Waals surface area contributed by atoms with Gasteiger partial charge in [-0.3, -0.25) is 0 Å². The normalized spacial score (nSPS) is 10.0. The lowest BCUT2D eigenvalue weighted by molar-refractivity contribution is -0.688. The lowest BCUT2D eigenvalue weighted by atomic mass is 10.2. The van der Waals surface area contributed by atoms with Gasteiger partial charge >= 0.3 is 0 Å². The number of rotatable bonds is 6. The Morgan fingerprint density at radius 3 is 2.33 bits per heavy atom. The predicted octanol–water partition coefficient (Wildman–Crippen LogP) is 5.67. The van der Waals surface area contributed by atoms with E-state index in [-0.39, 0.29) is 17.0 Å². The first kappa shape index (κ1) is 21.6. The second-order valence-corrected chi connectivity index (χ2v) is 6.57. The number of aromatic nitrogens is 2. The van der Waals surface area contributed by atoms with Gasteiger partial charge < -0.3 is 9.15 Å². The highest BCUT2D eigenvalue weighted by Gasteiger charge is 2.11. The summed E-state index contributed by atoms with van der Waals surface area (Å²) in [7, 11) is 1.65. The third-order valence-corrected chi connectivity index (χ3v) is 4.59. The molecule has 0 N–H and O–H groups in total. The number of nitrogens with zero attached hydrogens (tertiary/aromatic N) is 3. The van der Waals surface area contributed by atoms with Gasteiger partial charge in [-0.25, -0.2) is 9.55 Å². The molecule has 0 saturated carbocycles. The zero-order chi connectivity index (χ0) is 20.1. The summed E-state index contributed by atoms with van der Waals surface area (Å²) in [4.78, 5) is 8.38. The number of oxazole rings is 1. The van der Waals surface area contributed by atoms with Crippen molar-refractivity contribution in [1.82, 2.24) is 4.98 Å². The van der Waals surface area contributed by atoms with Gasteiger partial charge in [0.15, 0.2) is 24.7 Å². The Kier molecular flexibility index (Phi) is 7.25. The highest BCUT2D eigenvalue weighted by atomic mass is 79.9. The molecule has 4 rings (SSSR count). The first-order valence-corrected chi connectivity index (χ1v) is 9.42. The van der Waals surface area contributed by atoms with Gasteiger partial charge in [0.25, 0.3) is 0 Å². The van der Waals surface area contributed by atoms with E-state index in [1.54, 1.807) is 13.3 Å². The summed E-state index contributed by atoms with van der Waals surface area (Å²) in [6.07, 6.45) is 5.76. The number of isothiocyanates is 1. The third-order valence-electron chi connectivity index (χ3n) is 4.49. The third kappa shape index (κ3) is 5.07. The number of halogens is 1. The molecule has 2 aromatic heterocycles. The number of pyridine rings is 1. The van der Waals surface area contributed by atoms with Gasteiger partial charge in [-0.1, -0.05) is 12.1 Å². The van der Waals surface area contributed by atoms with Gasteiger partial charge in [-0.2, -0.15) is 4.99 Å². The number of methoxy groups -OCH3 is 1. The van der Waals surface area contributed by atoms with E-state index in [9.17, 15) is 0 Å². The molecule has 0 amide bonds. The van der Waals surface area contributed by atoms with Crippen LogP contribution in [0.5, 0.6) is 5.75 Å². The zero-order valence-electron chi connectivity index (χ0n) is 16.2. The summed E-state index contributed by atoms with van der Waals surface area (Å²) >= 11 is 4.63. The average molecular weight is 481 g/mol. The fourth-order valence-corrected chi connectivity index (χ4v) is 3.05. The molecule has 0 fully saturated rings. The van der Waals surface area contributed by atoms with E-state index < -0.39 is 0 Å². The van der Waals surface area contributed by atoms with Gasteiger partial charge in [-0.05, 0) is 48.6 Å². The van der Waals surface area contributed by atoms with Crippen molar-refractivity contribution in [3.8, 4) is 28.5 Å². The van der Waals surface area contributed by atoms with Crippen LogP contribution >= 0.6 is 29.2 Å². The Balaban J connectivity index is 0.00000256. The van der Waals surface area contributed by atoms with E-state index in [0.29, 0.717) is 5.89 Å². The summed E-state index contributed by atoms with van der Waals surface area (Å²) in [5.41, 5.74) is 3.85. The average Bonchev–Trinajstić information content (AvgIpc) is 3.26. The van der Waals surface area contributed by atoms with Crippen LogP contribution in [0.4, 0.5) is 5.69 Å². The molecule has 7 heteroatoms. The van der Waals surface area contributed by atoms with Crippen LogP contribution in [0.15, 0.2) is 88.7 Å². The van der Waals surface area contributed by atoms with Crippen LogP contribution in [0.1, 0.15) is 5.56 Å². The largest absolute Gasteiger partial charge is 0.497 e. The van der Waals surface area contributed by atoms with Crippen LogP contribution in [0, 0.1) is 0 Å². The Bertz CT molecular complexity index is 1150. The minimum absolute atomic E-state index is 0. The van der Waals surface area contributed by atoms with Crippen molar-refractivity contribution in [3.63, 3.8) is 0 Å². The molecule has 0 radical (unpaired) electrons. The van der Waals surface area contributed by atoms with Crippen molar-refractivity contribution in [1.29, 1.82) is 0 Å². The van der Waals surface area contributed by atoms with Crippen molar-refractivity contribution in [2.24, 2.45) is 4.99 Å².